The van der Waals surface area contributed by atoms with E-state index in [4.69, 9.17) is 16.6 Å². The van der Waals surface area contributed by atoms with E-state index >= 15 is 0 Å². The highest BCUT2D eigenvalue weighted by atomic mass is 35.5. The van der Waals surface area contributed by atoms with E-state index in [0.717, 1.165) is 49.5 Å². The quantitative estimate of drug-likeness (QED) is 0.487. The number of aromatic nitrogens is 4. The van der Waals surface area contributed by atoms with E-state index in [1.165, 1.54) is 5.56 Å². The molecule has 3 heterocycles. The topological polar surface area (TPSA) is 74.5 Å². The highest BCUT2D eigenvalue weighted by Gasteiger charge is 2.22. The maximum atomic E-state index is 6.34. The molecule has 0 radical (unpaired) electrons. The molecule has 0 bridgehead atoms. The number of anilines is 1. The van der Waals surface area contributed by atoms with Gasteiger partial charge in [0.05, 0.1) is 23.8 Å². The van der Waals surface area contributed by atoms with Gasteiger partial charge in [-0.1, -0.05) is 41.9 Å². The predicted octanol–water partition coefficient (Wildman–Crippen LogP) is 2.64. The molecule has 31 heavy (non-hydrogen) atoms. The number of piperazine rings is 1. The molecule has 9 heteroatoms. The van der Waals surface area contributed by atoms with Gasteiger partial charge in [-0.15, -0.1) is 10.2 Å². The average Bonchev–Trinajstić information content (AvgIpc) is 3.13. The Labute approximate surface area is 187 Å². The van der Waals surface area contributed by atoms with Crippen LogP contribution in [0.25, 0.3) is 0 Å². The largest absolute Gasteiger partial charge is 0.367 e. The Morgan fingerprint density at radius 3 is 2.55 bits per heavy atom. The van der Waals surface area contributed by atoms with Gasteiger partial charge >= 0.3 is 0 Å². The van der Waals surface area contributed by atoms with E-state index < -0.39 is 0 Å². The van der Waals surface area contributed by atoms with Crippen LogP contribution >= 0.6 is 11.6 Å². The van der Waals surface area contributed by atoms with Crippen molar-refractivity contribution in [2.45, 2.75) is 20.0 Å². The summed E-state index contributed by atoms with van der Waals surface area (Å²) in [4.78, 5) is 13.6. The second-order valence-electron chi connectivity index (χ2n) is 7.50. The summed E-state index contributed by atoms with van der Waals surface area (Å²) < 4.78 is 1.99. The maximum absolute atomic E-state index is 6.34. The molecule has 0 aliphatic carbocycles. The van der Waals surface area contributed by atoms with Gasteiger partial charge in [-0.25, -0.2) is 4.99 Å². The number of benzene rings is 1. The number of hydrogen-bond acceptors (Lipinski definition) is 5. The molecular formula is C22H27ClN8. The number of rotatable bonds is 5. The fraction of sp³-hybridized carbons (Fsp3) is 0.364. The second kappa shape index (κ2) is 9.78. The van der Waals surface area contributed by atoms with Gasteiger partial charge < -0.3 is 19.7 Å². The zero-order valence-electron chi connectivity index (χ0n) is 17.9. The minimum atomic E-state index is 0.571. The molecule has 1 aromatic carbocycles. The molecule has 8 nitrogen and oxygen atoms in total. The Kier molecular flexibility index (Phi) is 6.66. The Balaban J connectivity index is 1.46. The third-order valence-electron chi connectivity index (χ3n) is 5.51. The summed E-state index contributed by atoms with van der Waals surface area (Å²) in [5.74, 6) is 2.65. The van der Waals surface area contributed by atoms with Gasteiger partial charge in [-0.3, -0.25) is 4.98 Å². The lowest BCUT2D eigenvalue weighted by Gasteiger charge is -2.38. The molecule has 0 saturated carbocycles. The monoisotopic (exact) mass is 438 g/mol. The first-order chi connectivity index (χ1) is 15.1. The number of pyridine rings is 1. The molecule has 0 atom stereocenters. The van der Waals surface area contributed by atoms with Crippen molar-refractivity contribution in [3.8, 4) is 0 Å². The van der Waals surface area contributed by atoms with Crippen molar-refractivity contribution < 1.29 is 0 Å². The molecule has 1 aliphatic rings. The number of hydrogen-bond donors (Lipinski definition) is 1. The number of guanidine groups is 1. The van der Waals surface area contributed by atoms with Crippen molar-refractivity contribution >= 4 is 23.2 Å². The Bertz CT molecular complexity index is 1020. The fourth-order valence-electron chi connectivity index (χ4n) is 3.56. The number of halogens is 1. The Morgan fingerprint density at radius 2 is 1.87 bits per heavy atom. The normalized spacial score (nSPS) is 14.7. The van der Waals surface area contributed by atoms with E-state index in [2.05, 4.69) is 42.4 Å². The molecular weight excluding hydrogens is 412 g/mol. The predicted molar refractivity (Wildman–Crippen MR) is 123 cm³/mol. The zero-order chi connectivity index (χ0) is 21.6. The molecule has 1 aliphatic heterocycles. The van der Waals surface area contributed by atoms with Crippen LogP contribution in [-0.2, 0) is 20.1 Å². The van der Waals surface area contributed by atoms with Crippen molar-refractivity contribution in [3.05, 3.63) is 71.0 Å². The lowest BCUT2D eigenvalue weighted by atomic mass is 10.2. The second-order valence-corrected chi connectivity index (χ2v) is 7.91. The zero-order valence-corrected chi connectivity index (χ0v) is 18.6. The first kappa shape index (κ1) is 21.1. The van der Waals surface area contributed by atoms with E-state index in [1.807, 2.05) is 42.8 Å². The summed E-state index contributed by atoms with van der Waals surface area (Å²) in [6.07, 6.45) is 3.48. The number of nitrogens with one attached hydrogen (secondary N) is 1. The van der Waals surface area contributed by atoms with Crippen LogP contribution in [0, 0.1) is 6.92 Å². The SMILES string of the molecule is Cc1nnc(CNC(=NCc2ccccc2)N2CCN(c3ccncc3Cl)CC2)n1C. The molecule has 0 amide bonds. The van der Waals surface area contributed by atoms with Gasteiger partial charge in [0, 0.05) is 45.6 Å². The lowest BCUT2D eigenvalue weighted by Crippen LogP contribution is -2.52. The molecule has 1 fully saturated rings. The van der Waals surface area contributed by atoms with Gasteiger partial charge in [0.1, 0.15) is 5.82 Å². The van der Waals surface area contributed by atoms with Crippen molar-refractivity contribution in [1.82, 2.24) is 30.0 Å². The molecule has 0 spiro atoms. The van der Waals surface area contributed by atoms with Crippen LogP contribution in [0.1, 0.15) is 17.2 Å². The lowest BCUT2D eigenvalue weighted by molar-refractivity contribution is 0.370. The molecule has 4 rings (SSSR count). The van der Waals surface area contributed by atoms with Crippen molar-refractivity contribution in [1.29, 1.82) is 0 Å². The van der Waals surface area contributed by atoms with E-state index in [9.17, 15) is 0 Å². The number of nitrogens with zero attached hydrogens (tertiary/aromatic N) is 7. The van der Waals surface area contributed by atoms with Crippen LogP contribution in [0.3, 0.4) is 0 Å². The number of aliphatic imine (C=N–C) groups is 1. The maximum Gasteiger partial charge on any atom is 0.194 e. The van der Waals surface area contributed by atoms with Crippen molar-refractivity contribution in [2.75, 3.05) is 31.1 Å². The summed E-state index contributed by atoms with van der Waals surface area (Å²) in [5.41, 5.74) is 2.21. The van der Waals surface area contributed by atoms with Gasteiger partial charge in [0.15, 0.2) is 11.8 Å². The summed E-state index contributed by atoms with van der Waals surface area (Å²) in [5, 5.41) is 12.6. The van der Waals surface area contributed by atoms with Gasteiger partial charge in [0.25, 0.3) is 0 Å². The average molecular weight is 439 g/mol. The minimum Gasteiger partial charge on any atom is -0.367 e. The first-order valence-corrected chi connectivity index (χ1v) is 10.8. The van der Waals surface area contributed by atoms with Gasteiger partial charge in [-0.05, 0) is 18.6 Å². The first-order valence-electron chi connectivity index (χ1n) is 10.4. The van der Waals surface area contributed by atoms with Crippen LogP contribution < -0.4 is 10.2 Å². The smallest absolute Gasteiger partial charge is 0.194 e. The van der Waals surface area contributed by atoms with Crippen LogP contribution in [0.4, 0.5) is 5.69 Å². The molecule has 162 valence electrons. The van der Waals surface area contributed by atoms with E-state index in [-0.39, 0.29) is 0 Å². The molecule has 0 unspecified atom stereocenters. The summed E-state index contributed by atoms with van der Waals surface area (Å²) in [6.45, 7) is 6.55. The highest BCUT2D eigenvalue weighted by molar-refractivity contribution is 6.33. The summed E-state index contributed by atoms with van der Waals surface area (Å²) in [6, 6.07) is 12.3. The summed E-state index contributed by atoms with van der Waals surface area (Å²) >= 11 is 6.34. The van der Waals surface area contributed by atoms with Crippen molar-refractivity contribution in [3.63, 3.8) is 0 Å². The third-order valence-corrected chi connectivity index (χ3v) is 5.80. The fourth-order valence-corrected chi connectivity index (χ4v) is 3.80. The Morgan fingerprint density at radius 1 is 1.10 bits per heavy atom. The minimum absolute atomic E-state index is 0.571. The van der Waals surface area contributed by atoms with E-state index in [1.54, 1.807) is 12.4 Å². The summed E-state index contributed by atoms with van der Waals surface area (Å²) in [7, 11) is 1.98. The van der Waals surface area contributed by atoms with Crippen LogP contribution in [0.15, 0.2) is 53.8 Å². The van der Waals surface area contributed by atoms with Gasteiger partial charge in [-0.2, -0.15) is 0 Å². The van der Waals surface area contributed by atoms with Crippen molar-refractivity contribution in [2.24, 2.45) is 12.0 Å². The van der Waals surface area contributed by atoms with Crippen LogP contribution in [0.2, 0.25) is 5.02 Å². The molecule has 1 saturated heterocycles. The third kappa shape index (κ3) is 5.14. The van der Waals surface area contributed by atoms with Gasteiger partial charge in [0.2, 0.25) is 0 Å². The molecule has 3 aromatic rings. The van der Waals surface area contributed by atoms with Crippen LogP contribution in [0.5, 0.6) is 0 Å². The van der Waals surface area contributed by atoms with E-state index in [0.29, 0.717) is 18.1 Å². The number of aryl methyl sites for hydroxylation is 1. The molecule has 1 N–H and O–H groups in total. The highest BCUT2D eigenvalue weighted by Crippen LogP contribution is 2.25. The Hall–Kier alpha value is -3.13. The van der Waals surface area contributed by atoms with Crippen LogP contribution in [-0.4, -0.2) is 56.8 Å². The molecule has 2 aromatic heterocycles. The standard InChI is InChI=1S/C22H27ClN8/c1-17-27-28-21(29(17)2)16-26-22(25-14-18-6-4-3-5-7-18)31-12-10-30(11-13-31)20-8-9-24-15-19(20)23/h3-9,15H,10-14,16H2,1-2H3,(H,25,26).